The number of amides is 2. The molecule has 7 heteroatoms. The van der Waals surface area contributed by atoms with Gasteiger partial charge in [0.1, 0.15) is 5.92 Å². The highest BCUT2D eigenvalue weighted by Gasteiger charge is 2.40. The Kier molecular flexibility index (Phi) is 6.43. The van der Waals surface area contributed by atoms with E-state index in [0.29, 0.717) is 6.54 Å². The zero-order valence-electron chi connectivity index (χ0n) is 12.8. The highest BCUT2D eigenvalue weighted by molar-refractivity contribution is 5.77. The van der Waals surface area contributed by atoms with Crippen molar-refractivity contribution in [3.63, 3.8) is 0 Å². The van der Waals surface area contributed by atoms with Crippen molar-refractivity contribution >= 4 is 12.0 Å². The van der Waals surface area contributed by atoms with Crippen molar-refractivity contribution in [2.24, 2.45) is 5.92 Å². The fourth-order valence-electron chi connectivity index (χ4n) is 2.39. The first-order valence-corrected chi connectivity index (χ1v) is 7.14. The molecule has 7 nitrogen and oxygen atoms in total. The van der Waals surface area contributed by atoms with E-state index in [-0.39, 0.29) is 31.7 Å². The molecule has 0 spiro atoms. The molecular weight excluding hydrogens is 274 g/mol. The van der Waals surface area contributed by atoms with Crippen LogP contribution in [0.15, 0.2) is 0 Å². The molecule has 0 aliphatic carbocycles. The van der Waals surface area contributed by atoms with Crippen LogP contribution in [0.3, 0.4) is 0 Å². The van der Waals surface area contributed by atoms with Gasteiger partial charge in [0.15, 0.2) is 0 Å². The Labute approximate surface area is 125 Å². The Morgan fingerprint density at radius 3 is 2.67 bits per heavy atom. The van der Waals surface area contributed by atoms with Crippen LogP contribution < -0.4 is 0 Å². The number of rotatable bonds is 6. The number of urea groups is 1. The van der Waals surface area contributed by atoms with Gasteiger partial charge in [-0.05, 0) is 13.3 Å². The van der Waals surface area contributed by atoms with Crippen LogP contribution in [-0.4, -0.2) is 65.8 Å². The summed E-state index contributed by atoms with van der Waals surface area (Å²) in [6.07, 6.45) is 0.973. The van der Waals surface area contributed by atoms with Crippen molar-refractivity contribution in [3.8, 4) is 6.07 Å². The van der Waals surface area contributed by atoms with Crippen molar-refractivity contribution in [1.29, 1.82) is 5.26 Å². The minimum Gasteiger partial charge on any atom is -0.481 e. The van der Waals surface area contributed by atoms with E-state index in [9.17, 15) is 14.7 Å². The lowest BCUT2D eigenvalue weighted by atomic mass is 10.0. The molecule has 0 bridgehead atoms. The Morgan fingerprint density at radius 2 is 2.14 bits per heavy atom. The number of carbonyl (C=O) groups is 2. The third kappa shape index (κ3) is 4.08. The maximum absolute atomic E-state index is 12.6. The summed E-state index contributed by atoms with van der Waals surface area (Å²) in [7, 11) is 1.64. The number of nitriles is 1. The van der Waals surface area contributed by atoms with Gasteiger partial charge in [-0.15, -0.1) is 0 Å². The predicted molar refractivity (Wildman–Crippen MR) is 75.6 cm³/mol. The summed E-state index contributed by atoms with van der Waals surface area (Å²) in [5.74, 6) is -1.64. The summed E-state index contributed by atoms with van der Waals surface area (Å²) in [4.78, 5) is 26.9. The fraction of sp³-hybridized carbons (Fsp3) is 0.786. The van der Waals surface area contributed by atoms with Crippen LogP contribution in [0.5, 0.6) is 0 Å². The maximum atomic E-state index is 12.6. The van der Waals surface area contributed by atoms with Crippen LogP contribution >= 0.6 is 0 Å². The van der Waals surface area contributed by atoms with Crippen LogP contribution in [0.4, 0.5) is 4.79 Å². The average molecular weight is 297 g/mol. The van der Waals surface area contributed by atoms with Gasteiger partial charge in [0.2, 0.25) is 0 Å². The number of nitrogens with zero attached hydrogens (tertiary/aromatic N) is 3. The second-order valence-electron chi connectivity index (χ2n) is 5.35. The molecule has 1 aliphatic heterocycles. The number of hydrogen-bond acceptors (Lipinski definition) is 4. The van der Waals surface area contributed by atoms with Crippen LogP contribution in [0.1, 0.15) is 26.7 Å². The normalized spacial score (nSPS) is 22.4. The van der Waals surface area contributed by atoms with Gasteiger partial charge in [-0.3, -0.25) is 4.79 Å². The van der Waals surface area contributed by atoms with Crippen molar-refractivity contribution in [3.05, 3.63) is 0 Å². The Balaban J connectivity index is 2.88. The highest BCUT2D eigenvalue weighted by atomic mass is 16.5. The van der Waals surface area contributed by atoms with Crippen LogP contribution in [0.25, 0.3) is 0 Å². The molecule has 21 heavy (non-hydrogen) atoms. The van der Waals surface area contributed by atoms with E-state index in [4.69, 9.17) is 10.00 Å². The monoisotopic (exact) mass is 297 g/mol. The van der Waals surface area contributed by atoms with E-state index in [2.05, 4.69) is 0 Å². The molecule has 0 aromatic rings. The summed E-state index contributed by atoms with van der Waals surface area (Å²) in [6.45, 7) is 4.57. The third-order valence-electron chi connectivity index (χ3n) is 3.83. The first-order chi connectivity index (χ1) is 9.93. The molecule has 3 unspecified atom stereocenters. The largest absolute Gasteiger partial charge is 0.481 e. The summed E-state index contributed by atoms with van der Waals surface area (Å²) >= 11 is 0. The Bertz CT molecular complexity index is 421. The van der Waals surface area contributed by atoms with Crippen LogP contribution in [0, 0.1) is 17.2 Å². The number of hydrogen-bond donors (Lipinski definition) is 1. The van der Waals surface area contributed by atoms with E-state index in [1.54, 1.807) is 18.9 Å². The van der Waals surface area contributed by atoms with Gasteiger partial charge in [-0.1, -0.05) is 6.92 Å². The lowest BCUT2D eigenvalue weighted by Crippen LogP contribution is -2.53. The van der Waals surface area contributed by atoms with Crippen LogP contribution in [-0.2, 0) is 9.53 Å². The molecule has 3 atom stereocenters. The smallest absolute Gasteiger partial charge is 0.320 e. The highest BCUT2D eigenvalue weighted by Crippen LogP contribution is 2.22. The van der Waals surface area contributed by atoms with Gasteiger partial charge < -0.3 is 19.6 Å². The average Bonchev–Trinajstić information content (AvgIpc) is 2.92. The van der Waals surface area contributed by atoms with E-state index < -0.39 is 17.9 Å². The third-order valence-corrected chi connectivity index (χ3v) is 3.83. The first-order valence-electron chi connectivity index (χ1n) is 7.14. The topological polar surface area (TPSA) is 93.9 Å². The second-order valence-corrected chi connectivity index (χ2v) is 5.35. The number of ether oxygens (including phenoxy) is 1. The van der Waals surface area contributed by atoms with E-state index >= 15 is 0 Å². The molecule has 1 aliphatic rings. The predicted octanol–water partition coefficient (Wildman–Crippen LogP) is 1.15. The molecule has 1 fully saturated rings. The van der Waals surface area contributed by atoms with Gasteiger partial charge >= 0.3 is 12.0 Å². The standard InChI is InChI=1S/C14H23N3O4/c1-4-7-17(12-9-21-8-11(12)13(18)19)14(20)16(3)10(2)5-6-15/h10-12H,4-5,7-9H2,1-3H3,(H,18,19). The van der Waals surface area contributed by atoms with E-state index in [0.717, 1.165) is 6.42 Å². The lowest BCUT2D eigenvalue weighted by Gasteiger charge is -2.35. The number of carboxylic acid groups (broad SMARTS) is 1. The summed E-state index contributed by atoms with van der Waals surface area (Å²) in [5.41, 5.74) is 0. The van der Waals surface area contributed by atoms with Gasteiger partial charge in [0.25, 0.3) is 0 Å². The second kappa shape index (κ2) is 7.84. The van der Waals surface area contributed by atoms with E-state index in [1.807, 2.05) is 13.0 Å². The molecule has 118 valence electrons. The van der Waals surface area contributed by atoms with Gasteiger partial charge in [-0.25, -0.2) is 4.79 Å². The zero-order chi connectivity index (χ0) is 16.0. The molecular formula is C14H23N3O4. The fourth-order valence-corrected chi connectivity index (χ4v) is 2.39. The molecule has 0 aromatic carbocycles. The van der Waals surface area contributed by atoms with Gasteiger partial charge in [0.05, 0.1) is 31.7 Å². The van der Waals surface area contributed by atoms with Crippen molar-refractivity contribution in [1.82, 2.24) is 9.80 Å². The molecule has 1 rings (SSSR count). The lowest BCUT2D eigenvalue weighted by molar-refractivity contribution is -0.142. The summed E-state index contributed by atoms with van der Waals surface area (Å²) in [6, 6.07) is 1.12. The Morgan fingerprint density at radius 1 is 1.48 bits per heavy atom. The molecule has 0 saturated carbocycles. The quantitative estimate of drug-likeness (QED) is 0.793. The van der Waals surface area contributed by atoms with Crippen molar-refractivity contribution < 1.29 is 19.4 Å². The maximum Gasteiger partial charge on any atom is 0.320 e. The Hall–Kier alpha value is -1.81. The number of aliphatic carboxylic acids is 1. The van der Waals surface area contributed by atoms with Crippen molar-refractivity contribution in [2.45, 2.75) is 38.8 Å². The van der Waals surface area contributed by atoms with Gasteiger partial charge in [-0.2, -0.15) is 5.26 Å². The van der Waals surface area contributed by atoms with Crippen molar-refractivity contribution in [2.75, 3.05) is 26.8 Å². The summed E-state index contributed by atoms with van der Waals surface area (Å²) < 4.78 is 5.25. The van der Waals surface area contributed by atoms with Gasteiger partial charge in [0, 0.05) is 19.6 Å². The first kappa shape index (κ1) is 17.2. The minimum atomic E-state index is -0.945. The minimum absolute atomic E-state index is 0.130. The molecule has 1 saturated heterocycles. The molecule has 0 aromatic heterocycles. The molecule has 0 radical (unpaired) electrons. The molecule has 2 amide bonds. The molecule has 1 N–H and O–H groups in total. The number of carboxylic acids is 1. The molecule has 1 heterocycles. The number of carbonyl (C=O) groups excluding carboxylic acids is 1. The zero-order valence-corrected chi connectivity index (χ0v) is 12.8. The van der Waals surface area contributed by atoms with E-state index in [1.165, 1.54) is 4.90 Å². The SMILES string of the molecule is CCCN(C(=O)N(C)C(C)CC#N)C1COCC1C(=O)O. The van der Waals surface area contributed by atoms with Crippen LogP contribution in [0.2, 0.25) is 0 Å². The summed E-state index contributed by atoms with van der Waals surface area (Å²) in [5, 5.41) is 18.0.